The molecule has 1 aromatic heterocycles. The van der Waals surface area contributed by atoms with Gasteiger partial charge in [0.15, 0.2) is 5.13 Å². The smallest absolute Gasteiger partial charge is 0.325 e. The highest BCUT2D eigenvalue weighted by molar-refractivity contribution is 7.15. The van der Waals surface area contributed by atoms with Crippen molar-refractivity contribution in [3.63, 3.8) is 0 Å². The van der Waals surface area contributed by atoms with Crippen molar-refractivity contribution in [2.75, 3.05) is 24.4 Å². The van der Waals surface area contributed by atoms with Crippen LogP contribution < -0.4 is 10.6 Å². The highest BCUT2D eigenvalue weighted by atomic mass is 32.1. The summed E-state index contributed by atoms with van der Waals surface area (Å²) >= 11 is 1.48. The zero-order valence-corrected chi connectivity index (χ0v) is 14.2. The van der Waals surface area contributed by atoms with Crippen LogP contribution in [0.4, 0.5) is 15.6 Å². The largest absolute Gasteiger partial charge is 0.372 e. The Balaban J connectivity index is 1.97. The van der Waals surface area contributed by atoms with Gasteiger partial charge in [0.1, 0.15) is 6.61 Å². The Hall–Kier alpha value is -2.36. The summed E-state index contributed by atoms with van der Waals surface area (Å²) in [6, 6.07) is 7.01. The maximum Gasteiger partial charge on any atom is 0.325 e. The minimum absolute atomic E-state index is 0.323. The Morgan fingerprint density at radius 2 is 2.22 bits per heavy atom. The average molecular weight is 329 g/mol. The fraction of sp³-hybridized carbons (Fsp3) is 0.294. The van der Waals surface area contributed by atoms with Crippen LogP contribution in [0.5, 0.6) is 0 Å². The van der Waals surface area contributed by atoms with Crippen LogP contribution in [0.15, 0.2) is 30.5 Å². The molecule has 0 fully saturated rings. The molecule has 2 aromatic rings. The van der Waals surface area contributed by atoms with Crippen molar-refractivity contribution < 1.29 is 9.53 Å². The third kappa shape index (κ3) is 5.40. The summed E-state index contributed by atoms with van der Waals surface area (Å²) in [5.41, 5.74) is 1.49. The number of carbonyl (C=O) groups excluding carboxylic acids is 1. The molecule has 0 radical (unpaired) electrons. The number of ether oxygens (including phenoxy) is 1. The van der Waals surface area contributed by atoms with Gasteiger partial charge in [-0.25, -0.2) is 9.78 Å². The van der Waals surface area contributed by atoms with Gasteiger partial charge < -0.3 is 10.1 Å². The van der Waals surface area contributed by atoms with Gasteiger partial charge in [-0.15, -0.1) is 11.3 Å². The molecule has 0 atom stereocenters. The molecule has 0 spiro atoms. The van der Waals surface area contributed by atoms with Gasteiger partial charge in [-0.2, -0.15) is 0 Å². The Kier molecular flexibility index (Phi) is 6.15. The fourth-order valence-electron chi connectivity index (χ4n) is 1.76. The molecule has 0 aliphatic carbocycles. The van der Waals surface area contributed by atoms with Gasteiger partial charge in [0, 0.05) is 29.4 Å². The third-order valence-corrected chi connectivity index (χ3v) is 4.10. The monoisotopic (exact) mass is 329 g/mol. The summed E-state index contributed by atoms with van der Waals surface area (Å²) in [5.74, 6) is 6.24. The molecule has 0 bridgehead atoms. The molecule has 1 aromatic carbocycles. The first-order valence-corrected chi connectivity index (χ1v) is 8.01. The van der Waals surface area contributed by atoms with Gasteiger partial charge in [0.2, 0.25) is 0 Å². The summed E-state index contributed by atoms with van der Waals surface area (Å²) in [6.45, 7) is 4.56. The van der Waals surface area contributed by atoms with Crippen LogP contribution in [-0.2, 0) is 4.74 Å². The molecule has 1 heterocycles. The van der Waals surface area contributed by atoms with E-state index < -0.39 is 0 Å². The lowest BCUT2D eigenvalue weighted by atomic mass is 10.2. The van der Waals surface area contributed by atoms with E-state index in [9.17, 15) is 4.79 Å². The molecule has 6 heteroatoms. The van der Waals surface area contributed by atoms with E-state index in [2.05, 4.69) is 41.3 Å². The highest BCUT2D eigenvalue weighted by Gasteiger charge is 2.08. The topological polar surface area (TPSA) is 63.2 Å². The Morgan fingerprint density at radius 3 is 2.91 bits per heavy atom. The van der Waals surface area contributed by atoms with E-state index in [1.54, 1.807) is 13.3 Å². The van der Waals surface area contributed by atoms with Gasteiger partial charge in [-0.05, 0) is 24.1 Å². The molecule has 0 aliphatic heterocycles. The second-order valence-electron chi connectivity index (χ2n) is 5.12. The van der Waals surface area contributed by atoms with E-state index >= 15 is 0 Å². The second kappa shape index (κ2) is 8.32. The molecule has 2 N–H and O–H groups in total. The average Bonchev–Trinajstić information content (AvgIpc) is 2.96. The number of carbonyl (C=O) groups is 1. The van der Waals surface area contributed by atoms with Crippen molar-refractivity contribution in [3.05, 3.63) is 40.9 Å². The van der Waals surface area contributed by atoms with Crippen LogP contribution in [-0.4, -0.2) is 24.7 Å². The van der Waals surface area contributed by atoms with E-state index in [1.807, 2.05) is 24.3 Å². The molecular formula is C17H19N3O2S. The molecule has 120 valence electrons. The number of aromatic nitrogens is 1. The number of rotatable bonds is 4. The molecule has 2 rings (SSSR count). The lowest BCUT2D eigenvalue weighted by molar-refractivity contribution is 0.240. The van der Waals surface area contributed by atoms with Crippen molar-refractivity contribution in [1.29, 1.82) is 0 Å². The molecule has 0 unspecified atom stereocenters. The first kappa shape index (κ1) is 17.0. The predicted molar refractivity (Wildman–Crippen MR) is 94.0 cm³/mol. The number of hydrogen-bond acceptors (Lipinski definition) is 4. The lowest BCUT2D eigenvalue weighted by Gasteiger charge is -2.05. The number of methoxy groups -OCH3 is 1. The zero-order chi connectivity index (χ0) is 16.7. The van der Waals surface area contributed by atoms with E-state index in [0.29, 0.717) is 23.3 Å². The SMILES string of the molecule is COCC#Cc1cccc(NC(=O)Nc2ncc(C(C)C)s2)c1. The van der Waals surface area contributed by atoms with E-state index in [0.717, 1.165) is 10.4 Å². The highest BCUT2D eigenvalue weighted by Crippen LogP contribution is 2.25. The van der Waals surface area contributed by atoms with E-state index in [1.165, 1.54) is 11.3 Å². The molecule has 0 aliphatic rings. The summed E-state index contributed by atoms with van der Waals surface area (Å²) in [5, 5.41) is 6.10. The van der Waals surface area contributed by atoms with Crippen LogP contribution in [0, 0.1) is 11.8 Å². The molecule has 5 nitrogen and oxygen atoms in total. The molecule has 2 amide bonds. The third-order valence-electron chi connectivity index (χ3n) is 2.88. The first-order chi connectivity index (χ1) is 11.1. The molecule has 0 saturated heterocycles. The maximum atomic E-state index is 12.0. The van der Waals surface area contributed by atoms with Gasteiger partial charge in [-0.1, -0.05) is 31.8 Å². The Labute approximate surface area is 140 Å². The van der Waals surface area contributed by atoms with Crippen LogP contribution in [0.3, 0.4) is 0 Å². The maximum absolute atomic E-state index is 12.0. The first-order valence-electron chi connectivity index (χ1n) is 7.20. The van der Waals surface area contributed by atoms with Gasteiger partial charge in [-0.3, -0.25) is 5.32 Å². The number of benzene rings is 1. The number of hydrogen-bond donors (Lipinski definition) is 2. The number of amides is 2. The quantitative estimate of drug-likeness (QED) is 0.836. The number of thiazole rings is 1. The van der Waals surface area contributed by atoms with Gasteiger partial charge in [0.25, 0.3) is 0 Å². The van der Waals surface area contributed by atoms with Crippen molar-refractivity contribution in [2.45, 2.75) is 19.8 Å². The normalized spacial score (nSPS) is 10.1. The molecular weight excluding hydrogens is 310 g/mol. The van der Waals surface area contributed by atoms with Gasteiger partial charge in [0.05, 0.1) is 0 Å². The summed E-state index contributed by atoms with van der Waals surface area (Å²) < 4.78 is 4.88. The number of nitrogens with one attached hydrogen (secondary N) is 2. The second-order valence-corrected chi connectivity index (χ2v) is 6.18. The van der Waals surface area contributed by atoms with Crippen molar-refractivity contribution >= 4 is 28.2 Å². The predicted octanol–water partition coefficient (Wildman–Crippen LogP) is 3.91. The van der Waals surface area contributed by atoms with Crippen LogP contribution >= 0.6 is 11.3 Å². The zero-order valence-electron chi connectivity index (χ0n) is 13.3. The van der Waals surface area contributed by atoms with E-state index in [4.69, 9.17) is 4.74 Å². The Bertz CT molecular complexity index is 729. The minimum Gasteiger partial charge on any atom is -0.372 e. The van der Waals surface area contributed by atoms with E-state index in [-0.39, 0.29) is 6.03 Å². The fourth-order valence-corrected chi connectivity index (χ4v) is 2.57. The summed E-state index contributed by atoms with van der Waals surface area (Å²) in [6.07, 6.45) is 1.79. The standard InChI is InChI=1S/C17H19N3O2S/c1-12(2)15-11-18-17(23-15)20-16(21)19-14-8-4-6-13(10-14)7-5-9-22-3/h4,6,8,10-12H,9H2,1-3H3,(H2,18,19,20,21). The molecule has 23 heavy (non-hydrogen) atoms. The number of urea groups is 1. The van der Waals surface area contributed by atoms with Gasteiger partial charge >= 0.3 is 6.03 Å². The summed E-state index contributed by atoms with van der Waals surface area (Å²) in [7, 11) is 1.60. The molecule has 0 saturated carbocycles. The van der Waals surface area contributed by atoms with Crippen molar-refractivity contribution in [1.82, 2.24) is 4.98 Å². The van der Waals surface area contributed by atoms with Crippen LogP contribution in [0.1, 0.15) is 30.2 Å². The summed E-state index contributed by atoms with van der Waals surface area (Å²) in [4.78, 5) is 17.4. The van der Waals surface area contributed by atoms with Crippen molar-refractivity contribution in [3.8, 4) is 11.8 Å². The Morgan fingerprint density at radius 1 is 1.39 bits per heavy atom. The number of nitrogens with zero attached hydrogens (tertiary/aromatic N) is 1. The number of anilines is 2. The van der Waals surface area contributed by atoms with Crippen LogP contribution in [0.25, 0.3) is 0 Å². The minimum atomic E-state index is -0.323. The lowest BCUT2D eigenvalue weighted by Crippen LogP contribution is -2.19. The van der Waals surface area contributed by atoms with Crippen LogP contribution in [0.2, 0.25) is 0 Å². The van der Waals surface area contributed by atoms with Crippen molar-refractivity contribution in [2.24, 2.45) is 0 Å².